The zero-order valence-corrected chi connectivity index (χ0v) is 36.8. The Labute approximate surface area is 377 Å². The van der Waals surface area contributed by atoms with Crippen molar-refractivity contribution in [1.82, 2.24) is 4.57 Å². The van der Waals surface area contributed by atoms with E-state index in [0.717, 1.165) is 35.2 Å². The van der Waals surface area contributed by atoms with Gasteiger partial charge in [-0.1, -0.05) is 184 Å². The molecule has 0 fully saturated rings. The average Bonchev–Trinajstić information content (AvgIpc) is 3.88. The molecule has 304 valence electrons. The van der Waals surface area contributed by atoms with Gasteiger partial charge in [-0.05, 0) is 98.0 Å². The monoisotopic (exact) mass is 835 g/mol. The zero-order valence-electron chi connectivity index (χ0n) is 36.0. The van der Waals surface area contributed by atoms with Gasteiger partial charge in [-0.3, -0.25) is 0 Å². The maximum absolute atomic E-state index is 3.56. The lowest BCUT2D eigenvalue weighted by atomic mass is 10.00. The SMILES string of the molecule is CCCCCCCCn1c2cc(C#Cc3ccc4c(ccc5ccccc54)c3)ccc2c2ccc3c(ccc4c5ccc(C#Cc6ccc7c(ccc8ccccc87)c6)cc5sc43)c21. The molecule has 0 saturated carbocycles. The lowest BCUT2D eigenvalue weighted by Gasteiger charge is -2.10. The molecule has 0 bridgehead atoms. The summed E-state index contributed by atoms with van der Waals surface area (Å²) < 4.78 is 5.23. The second-order valence-corrected chi connectivity index (χ2v) is 18.5. The van der Waals surface area contributed by atoms with Crippen LogP contribution in [0.2, 0.25) is 0 Å². The zero-order chi connectivity index (χ0) is 42.6. The average molecular weight is 836 g/mol. The second kappa shape index (κ2) is 16.1. The van der Waals surface area contributed by atoms with Crippen LogP contribution in [0.25, 0.3) is 95.8 Å². The van der Waals surface area contributed by atoms with Crippen molar-refractivity contribution in [2.75, 3.05) is 0 Å². The number of benzene rings is 10. The maximum Gasteiger partial charge on any atom is 0.0571 e. The van der Waals surface area contributed by atoms with Gasteiger partial charge in [-0.2, -0.15) is 0 Å². The molecule has 0 unspecified atom stereocenters. The molecule has 0 spiro atoms. The highest BCUT2D eigenvalue weighted by molar-refractivity contribution is 7.26. The lowest BCUT2D eigenvalue weighted by Crippen LogP contribution is -1.98. The summed E-state index contributed by atoms with van der Waals surface area (Å²) in [5.74, 6) is 14.0. The van der Waals surface area contributed by atoms with E-state index in [9.17, 15) is 0 Å². The fourth-order valence-electron chi connectivity index (χ4n) is 10.1. The summed E-state index contributed by atoms with van der Waals surface area (Å²) in [4.78, 5) is 0. The molecule has 0 aliphatic heterocycles. The molecule has 2 heteroatoms. The predicted molar refractivity (Wildman–Crippen MR) is 278 cm³/mol. The van der Waals surface area contributed by atoms with Gasteiger partial charge in [0.25, 0.3) is 0 Å². The molecule has 64 heavy (non-hydrogen) atoms. The summed E-state index contributed by atoms with van der Waals surface area (Å²) in [6.45, 7) is 3.28. The summed E-state index contributed by atoms with van der Waals surface area (Å²) in [6, 6.07) is 62.3. The molecule has 0 radical (unpaired) electrons. The van der Waals surface area contributed by atoms with Gasteiger partial charge in [0, 0.05) is 70.5 Å². The number of aryl methyl sites for hydroxylation is 1. The molecule has 12 rings (SSSR count). The molecule has 12 aromatic rings. The molecule has 0 aliphatic rings. The topological polar surface area (TPSA) is 4.93 Å². The van der Waals surface area contributed by atoms with Crippen LogP contribution in [0.5, 0.6) is 0 Å². The van der Waals surface area contributed by atoms with Crippen LogP contribution >= 0.6 is 11.3 Å². The van der Waals surface area contributed by atoms with Crippen LogP contribution in [0.4, 0.5) is 0 Å². The van der Waals surface area contributed by atoms with Crippen LogP contribution in [0.3, 0.4) is 0 Å². The first-order valence-electron chi connectivity index (χ1n) is 22.9. The summed E-state index contributed by atoms with van der Waals surface area (Å²) >= 11 is 1.89. The van der Waals surface area contributed by atoms with E-state index in [0.29, 0.717) is 0 Å². The van der Waals surface area contributed by atoms with E-state index in [1.807, 2.05) is 11.3 Å². The highest BCUT2D eigenvalue weighted by Gasteiger charge is 2.17. The minimum Gasteiger partial charge on any atom is -0.340 e. The summed E-state index contributed by atoms with van der Waals surface area (Å²) in [7, 11) is 0. The summed E-state index contributed by atoms with van der Waals surface area (Å²) in [5.41, 5.74) is 6.75. The van der Waals surface area contributed by atoms with Crippen molar-refractivity contribution in [2.24, 2.45) is 0 Å². The van der Waals surface area contributed by atoms with E-state index in [1.54, 1.807) is 0 Å². The van der Waals surface area contributed by atoms with Gasteiger partial charge in [0.2, 0.25) is 0 Å². The lowest BCUT2D eigenvalue weighted by molar-refractivity contribution is 0.571. The van der Waals surface area contributed by atoms with Crippen LogP contribution in [0.15, 0.2) is 170 Å². The Morgan fingerprint density at radius 2 is 0.828 bits per heavy atom. The van der Waals surface area contributed by atoms with Crippen molar-refractivity contribution >= 4 is 107 Å². The van der Waals surface area contributed by atoms with Gasteiger partial charge in [0.05, 0.1) is 11.0 Å². The van der Waals surface area contributed by atoms with Crippen molar-refractivity contribution in [1.29, 1.82) is 0 Å². The van der Waals surface area contributed by atoms with Crippen LogP contribution < -0.4 is 0 Å². The third kappa shape index (κ3) is 6.75. The van der Waals surface area contributed by atoms with Crippen molar-refractivity contribution in [3.8, 4) is 23.7 Å². The number of aromatic nitrogens is 1. The van der Waals surface area contributed by atoms with Gasteiger partial charge in [-0.15, -0.1) is 11.3 Å². The Kier molecular flexibility index (Phi) is 9.63. The van der Waals surface area contributed by atoms with Gasteiger partial charge in [0.15, 0.2) is 0 Å². The molecule has 0 N–H and O–H groups in total. The number of nitrogens with zero attached hydrogens (tertiary/aromatic N) is 1. The Morgan fingerprint density at radius 1 is 0.375 bits per heavy atom. The van der Waals surface area contributed by atoms with E-state index >= 15 is 0 Å². The predicted octanol–water partition coefficient (Wildman–Crippen LogP) is 17.1. The number of rotatable bonds is 7. The van der Waals surface area contributed by atoms with E-state index in [1.165, 1.54) is 128 Å². The first kappa shape index (κ1) is 38.3. The molecule has 2 heterocycles. The molecule has 2 aromatic heterocycles. The number of hydrogen-bond acceptors (Lipinski definition) is 1. The molecule has 10 aromatic carbocycles. The number of fused-ring (bicyclic) bond motifs is 15. The maximum atomic E-state index is 3.56. The summed E-state index contributed by atoms with van der Waals surface area (Å²) in [5, 5.41) is 17.9. The standard InChI is InChI=1S/C62H45NS/c1-2-3-4-5-6-11-36-63-59-39-43(18-16-41-20-28-51-47(37-41)26-24-45-12-7-9-14-49(45)51)22-30-53(59)55-32-35-58-56(61(55)63)33-34-57-54-31-23-44(40-60(54)64-62(57)58)19-17-42-21-29-52-48(38-42)27-25-46-13-8-10-15-50(46)52/h7-10,12-15,20-35,37-40H,2-6,11,36H2,1H3. The van der Waals surface area contributed by atoms with Gasteiger partial charge >= 0.3 is 0 Å². The van der Waals surface area contributed by atoms with E-state index in [4.69, 9.17) is 0 Å². The van der Waals surface area contributed by atoms with Gasteiger partial charge < -0.3 is 4.57 Å². The third-order valence-electron chi connectivity index (χ3n) is 13.4. The van der Waals surface area contributed by atoms with E-state index in [-0.39, 0.29) is 0 Å². The van der Waals surface area contributed by atoms with Gasteiger partial charge in [-0.25, -0.2) is 0 Å². The minimum atomic E-state index is 0.987. The smallest absolute Gasteiger partial charge is 0.0571 e. The van der Waals surface area contributed by atoms with Crippen LogP contribution in [-0.4, -0.2) is 4.57 Å². The molecule has 0 amide bonds. The van der Waals surface area contributed by atoms with Gasteiger partial charge in [0.1, 0.15) is 0 Å². The fourth-order valence-corrected chi connectivity index (χ4v) is 11.4. The largest absolute Gasteiger partial charge is 0.340 e. The fraction of sp³-hybridized carbons (Fsp3) is 0.129. The molecular formula is C62H45NS. The first-order valence-corrected chi connectivity index (χ1v) is 23.7. The Morgan fingerprint density at radius 3 is 1.47 bits per heavy atom. The van der Waals surface area contributed by atoms with Crippen molar-refractivity contribution in [3.63, 3.8) is 0 Å². The van der Waals surface area contributed by atoms with Crippen LogP contribution in [0.1, 0.15) is 67.7 Å². The normalized spacial score (nSPS) is 11.7. The molecule has 0 saturated heterocycles. The first-order chi connectivity index (χ1) is 31.7. The Balaban J connectivity index is 0.918. The molecule has 0 aliphatic carbocycles. The second-order valence-electron chi connectivity index (χ2n) is 17.4. The third-order valence-corrected chi connectivity index (χ3v) is 14.6. The van der Waals surface area contributed by atoms with Crippen molar-refractivity contribution < 1.29 is 0 Å². The van der Waals surface area contributed by atoms with Crippen molar-refractivity contribution in [2.45, 2.75) is 52.0 Å². The van der Waals surface area contributed by atoms with Crippen molar-refractivity contribution in [3.05, 3.63) is 192 Å². The number of hydrogen-bond donors (Lipinski definition) is 0. The Bertz CT molecular complexity index is 3970. The summed E-state index contributed by atoms with van der Waals surface area (Å²) in [6.07, 6.45) is 7.59. The molecular weight excluding hydrogens is 791 g/mol. The number of thiophene rings is 1. The quantitative estimate of drug-likeness (QED) is 0.0856. The Hall–Kier alpha value is -7.36. The van der Waals surface area contributed by atoms with Crippen LogP contribution in [0, 0.1) is 23.7 Å². The highest BCUT2D eigenvalue weighted by Crippen LogP contribution is 2.43. The number of unbranched alkanes of at least 4 members (excludes halogenated alkanes) is 5. The van der Waals surface area contributed by atoms with Crippen LogP contribution in [-0.2, 0) is 6.54 Å². The molecule has 1 nitrogen and oxygen atoms in total. The highest BCUT2D eigenvalue weighted by atomic mass is 32.1. The van der Waals surface area contributed by atoms with E-state index in [2.05, 4.69) is 205 Å². The van der Waals surface area contributed by atoms with E-state index < -0.39 is 0 Å². The molecule has 0 atom stereocenters. The minimum absolute atomic E-state index is 0.987.